The van der Waals surface area contributed by atoms with E-state index < -0.39 is 34.0 Å². The molecule has 0 rings (SSSR count). The fourth-order valence-corrected chi connectivity index (χ4v) is 3.78. The summed E-state index contributed by atoms with van der Waals surface area (Å²) >= 11 is 0. The number of carboxylic acid groups (broad SMARTS) is 1. The van der Waals surface area contributed by atoms with Crippen molar-refractivity contribution in [2.75, 3.05) is 12.3 Å². The fourth-order valence-electron chi connectivity index (χ4n) is 1.58. The highest BCUT2D eigenvalue weighted by molar-refractivity contribution is 7.89. The van der Waals surface area contributed by atoms with Crippen molar-refractivity contribution in [1.82, 2.24) is 4.31 Å². The normalized spacial score (nSPS) is 12.7. The van der Waals surface area contributed by atoms with Crippen LogP contribution in [0.3, 0.4) is 0 Å². The molecule has 6 nitrogen and oxygen atoms in total. The predicted octanol–water partition coefficient (Wildman–Crippen LogP) is 1.05. The Morgan fingerprint density at radius 2 is 1.94 bits per heavy atom. The molecule has 0 aliphatic rings. The van der Waals surface area contributed by atoms with E-state index in [9.17, 15) is 13.2 Å². The minimum atomic E-state index is -3.70. The molecule has 0 aliphatic heterocycles. The summed E-state index contributed by atoms with van der Waals surface area (Å²) in [4.78, 5) is 10.7. The molecule has 0 atom stereocenters. The zero-order valence-electron chi connectivity index (χ0n) is 11.2. The highest BCUT2D eigenvalue weighted by atomic mass is 32.2. The van der Waals surface area contributed by atoms with Crippen molar-refractivity contribution < 1.29 is 18.3 Å². The van der Waals surface area contributed by atoms with Crippen LogP contribution in [0.25, 0.3) is 0 Å². The van der Waals surface area contributed by atoms with E-state index in [2.05, 4.69) is 0 Å². The van der Waals surface area contributed by atoms with Crippen molar-refractivity contribution in [1.29, 1.82) is 5.26 Å². The number of carbonyl (C=O) groups is 1. The van der Waals surface area contributed by atoms with Gasteiger partial charge in [-0.1, -0.05) is 13.8 Å². The van der Waals surface area contributed by atoms with Gasteiger partial charge in [0.2, 0.25) is 10.0 Å². The van der Waals surface area contributed by atoms with Gasteiger partial charge >= 0.3 is 5.97 Å². The number of hydrogen-bond donors (Lipinski definition) is 1. The van der Waals surface area contributed by atoms with Gasteiger partial charge in [-0.25, -0.2) is 8.42 Å². The molecule has 0 fully saturated rings. The van der Waals surface area contributed by atoms with E-state index in [1.54, 1.807) is 27.7 Å². The quantitative estimate of drug-likeness (QED) is 0.749. The second kappa shape index (κ2) is 6.16. The van der Waals surface area contributed by atoms with Crippen LogP contribution in [0.1, 0.15) is 34.1 Å². The molecular formula is C11H20N2O4S. The minimum Gasteiger partial charge on any atom is -0.480 e. The topological polar surface area (TPSA) is 98.5 Å². The predicted molar refractivity (Wildman–Crippen MR) is 67.3 cm³/mol. The van der Waals surface area contributed by atoms with E-state index in [1.807, 2.05) is 6.07 Å². The zero-order valence-corrected chi connectivity index (χ0v) is 12.0. The summed E-state index contributed by atoms with van der Waals surface area (Å²) in [5.41, 5.74) is -0.695. The molecule has 7 heteroatoms. The van der Waals surface area contributed by atoms with Crippen molar-refractivity contribution >= 4 is 16.0 Å². The van der Waals surface area contributed by atoms with Gasteiger partial charge in [-0.2, -0.15) is 9.57 Å². The Bertz CT molecular complexity index is 434. The second-order valence-electron chi connectivity index (χ2n) is 5.29. The highest BCUT2D eigenvalue weighted by Crippen LogP contribution is 2.24. The molecule has 104 valence electrons. The number of hydrogen-bond acceptors (Lipinski definition) is 4. The van der Waals surface area contributed by atoms with Gasteiger partial charge in [0.05, 0.1) is 11.8 Å². The lowest BCUT2D eigenvalue weighted by Gasteiger charge is -2.29. The fraction of sp³-hybridized carbons (Fsp3) is 0.818. The molecule has 0 amide bonds. The Labute approximate surface area is 108 Å². The molecule has 0 saturated heterocycles. The van der Waals surface area contributed by atoms with Crippen LogP contribution in [0.2, 0.25) is 0 Å². The summed E-state index contributed by atoms with van der Waals surface area (Å²) in [6.07, 6.45) is 0.102. The first-order chi connectivity index (χ1) is 8.02. The molecule has 0 aromatic heterocycles. The van der Waals surface area contributed by atoms with Crippen LogP contribution in [-0.4, -0.2) is 42.1 Å². The highest BCUT2D eigenvalue weighted by Gasteiger charge is 2.33. The first-order valence-corrected chi connectivity index (χ1v) is 7.21. The maximum atomic E-state index is 12.2. The van der Waals surface area contributed by atoms with Crippen LogP contribution < -0.4 is 0 Å². The maximum Gasteiger partial charge on any atom is 0.318 e. The lowest BCUT2D eigenvalue weighted by molar-refractivity contribution is -0.137. The van der Waals surface area contributed by atoms with Gasteiger partial charge in [0.25, 0.3) is 0 Å². The Morgan fingerprint density at radius 3 is 2.28 bits per heavy atom. The van der Waals surface area contributed by atoms with Crippen molar-refractivity contribution in [2.45, 2.75) is 40.2 Å². The van der Waals surface area contributed by atoms with Crippen LogP contribution in [0.5, 0.6) is 0 Å². The summed E-state index contributed by atoms with van der Waals surface area (Å²) in [6, 6.07) is 1.51. The number of sulfonamides is 1. The monoisotopic (exact) mass is 276 g/mol. The SMILES string of the molecule is CC(C)N(CC(=O)O)S(=O)(=O)CC(C)(C)CC#N. The van der Waals surface area contributed by atoms with Gasteiger partial charge in [0, 0.05) is 12.5 Å². The molecule has 0 aromatic carbocycles. The average Bonchev–Trinajstić information content (AvgIpc) is 2.10. The van der Waals surface area contributed by atoms with E-state index in [1.165, 1.54) is 0 Å². The van der Waals surface area contributed by atoms with Crippen molar-refractivity contribution in [2.24, 2.45) is 5.41 Å². The smallest absolute Gasteiger partial charge is 0.318 e. The molecule has 0 spiro atoms. The number of rotatable bonds is 7. The van der Waals surface area contributed by atoms with Crippen LogP contribution in [0.4, 0.5) is 0 Å². The van der Waals surface area contributed by atoms with Crippen molar-refractivity contribution in [3.8, 4) is 6.07 Å². The number of nitriles is 1. The van der Waals surface area contributed by atoms with Crippen LogP contribution >= 0.6 is 0 Å². The van der Waals surface area contributed by atoms with Crippen LogP contribution in [0.15, 0.2) is 0 Å². The van der Waals surface area contributed by atoms with E-state index >= 15 is 0 Å². The van der Waals surface area contributed by atoms with Crippen LogP contribution in [-0.2, 0) is 14.8 Å². The number of nitrogens with zero attached hydrogens (tertiary/aromatic N) is 2. The third-order valence-electron chi connectivity index (χ3n) is 2.36. The Morgan fingerprint density at radius 1 is 1.44 bits per heavy atom. The molecule has 18 heavy (non-hydrogen) atoms. The van der Waals surface area contributed by atoms with E-state index in [0.717, 1.165) is 4.31 Å². The molecule has 0 aliphatic carbocycles. The van der Waals surface area contributed by atoms with Crippen LogP contribution in [0, 0.1) is 16.7 Å². The molecule has 0 radical (unpaired) electrons. The third kappa shape index (κ3) is 5.47. The summed E-state index contributed by atoms with van der Waals surface area (Å²) in [7, 11) is -3.70. The van der Waals surface area contributed by atoms with E-state index in [4.69, 9.17) is 10.4 Å². The summed E-state index contributed by atoms with van der Waals surface area (Å²) in [6.45, 7) is 6.04. The average molecular weight is 276 g/mol. The maximum absolute atomic E-state index is 12.2. The Balaban J connectivity index is 5.10. The summed E-state index contributed by atoms with van der Waals surface area (Å²) in [5.74, 6) is -1.43. The molecular weight excluding hydrogens is 256 g/mol. The zero-order chi connectivity index (χ0) is 14.6. The molecule has 1 N–H and O–H groups in total. The Kier molecular flexibility index (Phi) is 5.77. The van der Waals surface area contributed by atoms with Gasteiger partial charge in [0.1, 0.15) is 6.54 Å². The molecule has 0 bridgehead atoms. The molecule has 0 unspecified atom stereocenters. The van der Waals surface area contributed by atoms with Crippen molar-refractivity contribution in [3.63, 3.8) is 0 Å². The second-order valence-corrected chi connectivity index (χ2v) is 7.21. The third-order valence-corrected chi connectivity index (χ3v) is 4.77. The molecule has 0 aromatic rings. The van der Waals surface area contributed by atoms with Gasteiger partial charge < -0.3 is 5.11 Å². The minimum absolute atomic E-state index is 0.102. The first kappa shape index (κ1) is 16.9. The molecule has 0 heterocycles. The molecule has 0 saturated carbocycles. The van der Waals surface area contributed by atoms with Gasteiger partial charge in [0.15, 0.2) is 0 Å². The van der Waals surface area contributed by atoms with Gasteiger partial charge in [-0.05, 0) is 19.3 Å². The van der Waals surface area contributed by atoms with Gasteiger partial charge in [-0.3, -0.25) is 4.79 Å². The summed E-state index contributed by atoms with van der Waals surface area (Å²) in [5, 5.41) is 17.4. The number of carboxylic acids is 1. The number of aliphatic carboxylic acids is 1. The van der Waals surface area contributed by atoms with Crippen molar-refractivity contribution in [3.05, 3.63) is 0 Å². The lowest BCUT2D eigenvalue weighted by atomic mass is 9.93. The lowest BCUT2D eigenvalue weighted by Crippen LogP contribution is -2.44. The Hall–Kier alpha value is -1.13. The largest absolute Gasteiger partial charge is 0.480 e. The van der Waals surface area contributed by atoms with E-state index in [0.29, 0.717) is 0 Å². The standard InChI is InChI=1S/C11H20N2O4S/c1-9(2)13(7-10(14)15)18(16,17)8-11(3,4)5-6-12/h9H,5,7-8H2,1-4H3,(H,14,15). The summed E-state index contributed by atoms with van der Waals surface area (Å²) < 4.78 is 25.3. The van der Waals surface area contributed by atoms with E-state index in [-0.39, 0.29) is 12.2 Å². The first-order valence-electron chi connectivity index (χ1n) is 5.60. The van der Waals surface area contributed by atoms with Gasteiger partial charge in [-0.15, -0.1) is 0 Å².